The molecule has 1 atom stereocenters. The van der Waals surface area contributed by atoms with Crippen molar-refractivity contribution in [2.24, 2.45) is 0 Å². The van der Waals surface area contributed by atoms with Crippen LogP contribution < -0.4 is 5.32 Å². The maximum Gasteiger partial charge on any atom is 0.0994 e. The van der Waals surface area contributed by atoms with Gasteiger partial charge in [-0.1, -0.05) is 22.9 Å². The molecule has 1 unspecified atom stereocenters. The lowest BCUT2D eigenvalue weighted by Crippen LogP contribution is -2.11. The minimum absolute atomic E-state index is 0.579. The normalized spacial score (nSPS) is 18.9. The third-order valence-corrected chi connectivity index (χ3v) is 4.32. The molecule has 1 aromatic carbocycles. The van der Waals surface area contributed by atoms with E-state index in [2.05, 4.69) is 55.9 Å². The highest BCUT2D eigenvalue weighted by Crippen LogP contribution is 2.27. The molecule has 0 radical (unpaired) electrons. The molecule has 1 aliphatic heterocycles. The summed E-state index contributed by atoms with van der Waals surface area (Å²) in [6.07, 6.45) is 6.17. The standard InChI is InChI=1S/C15H18BrN3/c1-2-11-7-13(16)3-4-14(11)19-10-18-9-15(19)12-5-6-17-8-12/h3-4,7,9-10,12,17H,2,5-6,8H2,1H3. The summed E-state index contributed by atoms with van der Waals surface area (Å²) < 4.78 is 3.39. The highest BCUT2D eigenvalue weighted by molar-refractivity contribution is 9.10. The Morgan fingerprint density at radius 2 is 2.37 bits per heavy atom. The predicted molar refractivity (Wildman–Crippen MR) is 80.9 cm³/mol. The number of rotatable bonds is 3. The minimum Gasteiger partial charge on any atom is -0.316 e. The first kappa shape index (κ1) is 12.9. The molecule has 1 saturated heterocycles. The fourth-order valence-corrected chi connectivity index (χ4v) is 3.20. The number of hydrogen-bond donors (Lipinski definition) is 1. The van der Waals surface area contributed by atoms with Crippen molar-refractivity contribution in [1.29, 1.82) is 0 Å². The van der Waals surface area contributed by atoms with Gasteiger partial charge in [0.1, 0.15) is 0 Å². The summed E-state index contributed by atoms with van der Waals surface area (Å²) in [6.45, 7) is 4.36. The lowest BCUT2D eigenvalue weighted by Gasteiger charge is -2.16. The average Bonchev–Trinajstić information content (AvgIpc) is 3.08. The van der Waals surface area contributed by atoms with E-state index in [9.17, 15) is 0 Å². The van der Waals surface area contributed by atoms with E-state index in [0.717, 1.165) is 24.0 Å². The van der Waals surface area contributed by atoms with E-state index in [0.29, 0.717) is 5.92 Å². The van der Waals surface area contributed by atoms with Gasteiger partial charge >= 0.3 is 0 Å². The van der Waals surface area contributed by atoms with Crippen LogP contribution in [-0.4, -0.2) is 22.6 Å². The number of aromatic nitrogens is 2. The third-order valence-electron chi connectivity index (χ3n) is 3.83. The van der Waals surface area contributed by atoms with Gasteiger partial charge in [0.25, 0.3) is 0 Å². The minimum atomic E-state index is 0.579. The van der Waals surface area contributed by atoms with Crippen LogP contribution in [0.2, 0.25) is 0 Å². The van der Waals surface area contributed by atoms with Gasteiger partial charge in [0.05, 0.1) is 12.0 Å². The number of benzene rings is 1. The number of imidazole rings is 1. The molecule has 1 N–H and O–H groups in total. The van der Waals surface area contributed by atoms with Crippen LogP contribution in [0.4, 0.5) is 0 Å². The second-order valence-corrected chi connectivity index (χ2v) is 5.92. The van der Waals surface area contributed by atoms with Gasteiger partial charge in [0.2, 0.25) is 0 Å². The molecular formula is C15H18BrN3. The Balaban J connectivity index is 2.04. The van der Waals surface area contributed by atoms with Gasteiger partial charge in [-0.3, -0.25) is 0 Å². The Kier molecular flexibility index (Phi) is 3.71. The molecule has 3 nitrogen and oxygen atoms in total. The average molecular weight is 320 g/mol. The number of aryl methyl sites for hydroxylation is 1. The quantitative estimate of drug-likeness (QED) is 0.941. The summed E-state index contributed by atoms with van der Waals surface area (Å²) in [6, 6.07) is 6.48. The largest absolute Gasteiger partial charge is 0.316 e. The summed E-state index contributed by atoms with van der Waals surface area (Å²) >= 11 is 3.55. The summed E-state index contributed by atoms with van der Waals surface area (Å²) in [5, 5.41) is 3.43. The summed E-state index contributed by atoms with van der Waals surface area (Å²) in [5.74, 6) is 0.579. The summed E-state index contributed by atoms with van der Waals surface area (Å²) in [5.41, 5.74) is 3.92. The molecule has 0 spiro atoms. The number of halogens is 1. The van der Waals surface area contributed by atoms with Gasteiger partial charge in [-0.05, 0) is 43.1 Å². The topological polar surface area (TPSA) is 29.9 Å². The van der Waals surface area contributed by atoms with Crippen molar-refractivity contribution in [3.63, 3.8) is 0 Å². The number of hydrogen-bond acceptors (Lipinski definition) is 2. The van der Waals surface area contributed by atoms with Crippen LogP contribution in [-0.2, 0) is 6.42 Å². The van der Waals surface area contributed by atoms with Crippen LogP contribution in [0.3, 0.4) is 0 Å². The molecule has 0 saturated carbocycles. The molecule has 19 heavy (non-hydrogen) atoms. The SMILES string of the molecule is CCc1cc(Br)ccc1-n1cncc1C1CCNC1. The van der Waals surface area contributed by atoms with Crippen molar-refractivity contribution in [2.45, 2.75) is 25.7 Å². The maximum atomic E-state index is 4.36. The lowest BCUT2D eigenvalue weighted by atomic mass is 10.0. The smallest absolute Gasteiger partial charge is 0.0994 e. The first-order valence-electron chi connectivity index (χ1n) is 6.81. The van der Waals surface area contributed by atoms with E-state index >= 15 is 0 Å². The number of nitrogens with zero attached hydrogens (tertiary/aromatic N) is 2. The van der Waals surface area contributed by atoms with Crippen LogP contribution in [0, 0.1) is 0 Å². The van der Waals surface area contributed by atoms with Crippen LogP contribution in [0.25, 0.3) is 5.69 Å². The molecule has 2 heterocycles. The van der Waals surface area contributed by atoms with Crippen molar-refractivity contribution < 1.29 is 0 Å². The predicted octanol–water partition coefficient (Wildman–Crippen LogP) is 3.27. The van der Waals surface area contributed by atoms with Crippen LogP contribution in [0.1, 0.15) is 30.5 Å². The first-order chi connectivity index (χ1) is 9.29. The molecular weight excluding hydrogens is 302 g/mol. The zero-order valence-corrected chi connectivity index (χ0v) is 12.7. The second-order valence-electron chi connectivity index (χ2n) is 5.00. The highest BCUT2D eigenvalue weighted by atomic mass is 79.9. The molecule has 3 rings (SSSR count). The third kappa shape index (κ3) is 2.47. The Hall–Kier alpha value is -1.13. The van der Waals surface area contributed by atoms with Gasteiger partial charge in [0.15, 0.2) is 0 Å². The first-order valence-corrected chi connectivity index (χ1v) is 7.60. The van der Waals surface area contributed by atoms with E-state index in [1.165, 1.54) is 23.4 Å². The monoisotopic (exact) mass is 319 g/mol. The van der Waals surface area contributed by atoms with Gasteiger partial charge < -0.3 is 9.88 Å². The van der Waals surface area contributed by atoms with Crippen molar-refractivity contribution in [1.82, 2.24) is 14.9 Å². The molecule has 100 valence electrons. The summed E-state index contributed by atoms with van der Waals surface area (Å²) in [7, 11) is 0. The van der Waals surface area contributed by atoms with Crippen LogP contribution in [0.15, 0.2) is 35.2 Å². The Bertz CT molecular complexity index is 571. The fourth-order valence-electron chi connectivity index (χ4n) is 2.79. The summed E-state index contributed by atoms with van der Waals surface area (Å²) in [4.78, 5) is 4.36. The Morgan fingerprint density at radius 3 is 3.11 bits per heavy atom. The molecule has 1 fully saturated rings. The lowest BCUT2D eigenvalue weighted by molar-refractivity contribution is 0.712. The molecule has 4 heteroatoms. The van der Waals surface area contributed by atoms with Crippen LogP contribution in [0.5, 0.6) is 0 Å². The fraction of sp³-hybridized carbons (Fsp3) is 0.400. The molecule has 0 aliphatic carbocycles. The van der Waals surface area contributed by atoms with E-state index in [1.54, 1.807) is 0 Å². The van der Waals surface area contributed by atoms with Crippen LogP contribution >= 0.6 is 15.9 Å². The highest BCUT2D eigenvalue weighted by Gasteiger charge is 2.21. The van der Waals surface area contributed by atoms with E-state index in [1.807, 2.05) is 12.5 Å². The second kappa shape index (κ2) is 5.47. The van der Waals surface area contributed by atoms with Gasteiger partial charge in [-0.2, -0.15) is 0 Å². The molecule has 0 bridgehead atoms. The Labute approximate surface area is 122 Å². The van der Waals surface area contributed by atoms with E-state index in [4.69, 9.17) is 0 Å². The van der Waals surface area contributed by atoms with Crippen molar-refractivity contribution in [3.05, 3.63) is 46.5 Å². The molecule has 0 amide bonds. The molecule has 1 aliphatic rings. The van der Waals surface area contributed by atoms with Crippen molar-refractivity contribution >= 4 is 15.9 Å². The molecule has 2 aromatic rings. The van der Waals surface area contributed by atoms with Gasteiger partial charge in [-0.15, -0.1) is 0 Å². The van der Waals surface area contributed by atoms with Crippen molar-refractivity contribution in [2.75, 3.05) is 13.1 Å². The zero-order chi connectivity index (χ0) is 13.2. The zero-order valence-electron chi connectivity index (χ0n) is 11.1. The van der Waals surface area contributed by atoms with E-state index < -0.39 is 0 Å². The maximum absolute atomic E-state index is 4.36. The Morgan fingerprint density at radius 1 is 1.47 bits per heavy atom. The molecule has 1 aromatic heterocycles. The van der Waals surface area contributed by atoms with E-state index in [-0.39, 0.29) is 0 Å². The van der Waals surface area contributed by atoms with Gasteiger partial charge in [0, 0.05) is 28.8 Å². The van der Waals surface area contributed by atoms with Gasteiger partial charge in [-0.25, -0.2) is 4.98 Å². The number of nitrogens with one attached hydrogen (secondary N) is 1. The van der Waals surface area contributed by atoms with Crippen molar-refractivity contribution in [3.8, 4) is 5.69 Å².